The van der Waals surface area contributed by atoms with Gasteiger partial charge in [0.1, 0.15) is 4.90 Å². The van der Waals surface area contributed by atoms with Crippen molar-refractivity contribution in [2.45, 2.75) is 31.1 Å². The van der Waals surface area contributed by atoms with Crippen LogP contribution in [0, 0.1) is 12.8 Å². The Hall–Kier alpha value is -1.73. The third kappa shape index (κ3) is 3.45. The summed E-state index contributed by atoms with van der Waals surface area (Å²) in [6, 6.07) is 4.06. The number of aryl methyl sites for hydroxylation is 2. The van der Waals surface area contributed by atoms with Crippen LogP contribution < -0.4 is 0 Å². The summed E-state index contributed by atoms with van der Waals surface area (Å²) in [5, 5.41) is 4.15. The monoisotopic (exact) mass is 334 g/mol. The van der Waals surface area contributed by atoms with Gasteiger partial charge in [-0.25, -0.2) is 8.42 Å². The van der Waals surface area contributed by atoms with Crippen LogP contribution >= 0.6 is 0 Å². The number of rotatable bonds is 4. The molecule has 0 N–H and O–H groups in total. The summed E-state index contributed by atoms with van der Waals surface area (Å²) < 4.78 is 28.7. The Morgan fingerprint density at radius 3 is 2.43 bits per heavy atom. The van der Waals surface area contributed by atoms with Gasteiger partial charge in [0, 0.05) is 38.7 Å². The minimum Gasteiger partial charge on any atom is -0.274 e. The quantitative estimate of drug-likeness (QED) is 0.854. The molecule has 0 radical (unpaired) electrons. The number of piperidine rings is 1. The fraction of sp³-hybridized carbons (Fsp3) is 0.500. The zero-order chi connectivity index (χ0) is 16.4. The zero-order valence-corrected chi connectivity index (χ0v) is 14.3. The molecule has 2 aromatic heterocycles. The largest absolute Gasteiger partial charge is 0.274 e. The summed E-state index contributed by atoms with van der Waals surface area (Å²) in [4.78, 5) is 4.36. The third-order valence-electron chi connectivity index (χ3n) is 4.43. The fourth-order valence-electron chi connectivity index (χ4n) is 3.18. The normalized spacial score (nSPS) is 17.5. The molecule has 0 bridgehead atoms. The van der Waals surface area contributed by atoms with Crippen LogP contribution in [-0.4, -0.2) is 40.6 Å². The topological polar surface area (TPSA) is 68.1 Å². The minimum atomic E-state index is -3.43. The van der Waals surface area contributed by atoms with E-state index >= 15 is 0 Å². The number of pyridine rings is 1. The number of hydrogen-bond donors (Lipinski definition) is 0. The highest BCUT2D eigenvalue weighted by Gasteiger charge is 2.31. The summed E-state index contributed by atoms with van der Waals surface area (Å²) in [7, 11) is -1.69. The van der Waals surface area contributed by atoms with Gasteiger partial charge in [-0.05, 0) is 49.8 Å². The molecular formula is C16H22N4O2S. The van der Waals surface area contributed by atoms with Gasteiger partial charge in [-0.15, -0.1) is 0 Å². The molecule has 0 spiro atoms. The van der Waals surface area contributed by atoms with Crippen LogP contribution in [0.4, 0.5) is 0 Å². The standard InChI is InChI=1S/C16H22N4O2S/c1-13-16(12-19(2)18-13)23(21,22)20-9-5-15(6-10-20)11-14-3-7-17-8-4-14/h3-4,7-8,12,15H,5-6,9-11H2,1-2H3. The molecule has 1 saturated heterocycles. The van der Waals surface area contributed by atoms with Gasteiger partial charge in [0.25, 0.3) is 0 Å². The predicted molar refractivity (Wildman–Crippen MR) is 87.4 cm³/mol. The van der Waals surface area contributed by atoms with Crippen LogP contribution in [-0.2, 0) is 23.5 Å². The van der Waals surface area contributed by atoms with E-state index in [1.807, 2.05) is 12.1 Å². The zero-order valence-electron chi connectivity index (χ0n) is 13.5. The maximum atomic E-state index is 12.8. The van der Waals surface area contributed by atoms with Crippen molar-refractivity contribution in [1.29, 1.82) is 0 Å². The first-order valence-electron chi connectivity index (χ1n) is 7.86. The van der Waals surface area contributed by atoms with Crippen molar-refractivity contribution >= 4 is 10.0 Å². The summed E-state index contributed by atoms with van der Waals surface area (Å²) in [5.41, 5.74) is 1.83. The summed E-state index contributed by atoms with van der Waals surface area (Å²) in [6.07, 6.45) is 7.97. The second kappa shape index (κ2) is 6.41. The fourth-order valence-corrected chi connectivity index (χ4v) is 4.85. The highest BCUT2D eigenvalue weighted by Crippen LogP contribution is 2.26. The highest BCUT2D eigenvalue weighted by molar-refractivity contribution is 7.89. The van der Waals surface area contributed by atoms with E-state index in [1.54, 1.807) is 41.5 Å². The van der Waals surface area contributed by atoms with Gasteiger partial charge in [0.2, 0.25) is 10.0 Å². The molecule has 3 rings (SSSR count). The van der Waals surface area contributed by atoms with Crippen molar-refractivity contribution < 1.29 is 8.42 Å². The molecule has 0 atom stereocenters. The van der Waals surface area contributed by atoms with E-state index < -0.39 is 10.0 Å². The van der Waals surface area contributed by atoms with Crippen molar-refractivity contribution in [3.8, 4) is 0 Å². The summed E-state index contributed by atoms with van der Waals surface area (Å²) in [5.74, 6) is 0.527. The Bertz CT molecular complexity index is 763. The molecule has 6 nitrogen and oxygen atoms in total. The van der Waals surface area contributed by atoms with Gasteiger partial charge in [-0.1, -0.05) is 0 Å². The second-order valence-electron chi connectivity index (χ2n) is 6.16. The lowest BCUT2D eigenvalue weighted by Crippen LogP contribution is -2.39. The molecule has 23 heavy (non-hydrogen) atoms. The van der Waals surface area contributed by atoms with Crippen LogP contribution in [0.1, 0.15) is 24.1 Å². The lowest BCUT2D eigenvalue weighted by molar-refractivity contribution is 0.272. The van der Waals surface area contributed by atoms with Gasteiger partial charge in [-0.2, -0.15) is 9.40 Å². The molecule has 0 aromatic carbocycles. The Morgan fingerprint density at radius 1 is 1.22 bits per heavy atom. The Balaban J connectivity index is 1.65. The van der Waals surface area contributed by atoms with Crippen LogP contribution in [0.5, 0.6) is 0 Å². The Labute approximate surface area is 137 Å². The van der Waals surface area contributed by atoms with Crippen LogP contribution in [0.15, 0.2) is 35.6 Å². The number of hydrogen-bond acceptors (Lipinski definition) is 4. The maximum absolute atomic E-state index is 12.8. The molecular weight excluding hydrogens is 312 g/mol. The lowest BCUT2D eigenvalue weighted by atomic mass is 9.91. The van der Waals surface area contributed by atoms with Crippen LogP contribution in [0.25, 0.3) is 0 Å². The van der Waals surface area contributed by atoms with E-state index in [4.69, 9.17) is 0 Å². The van der Waals surface area contributed by atoms with Gasteiger partial charge in [0.15, 0.2) is 0 Å². The first kappa shape index (κ1) is 16.1. The first-order valence-corrected chi connectivity index (χ1v) is 9.30. The molecule has 7 heteroatoms. The second-order valence-corrected chi connectivity index (χ2v) is 8.07. The average Bonchev–Trinajstić information content (AvgIpc) is 2.88. The molecule has 1 aliphatic heterocycles. The molecule has 0 unspecified atom stereocenters. The first-order chi connectivity index (χ1) is 11.0. The van der Waals surface area contributed by atoms with Crippen LogP contribution in [0.3, 0.4) is 0 Å². The van der Waals surface area contributed by atoms with E-state index in [0.29, 0.717) is 29.6 Å². The Kier molecular flexibility index (Phi) is 4.50. The molecule has 0 amide bonds. The third-order valence-corrected chi connectivity index (χ3v) is 6.44. The smallest absolute Gasteiger partial charge is 0.246 e. The van der Waals surface area contributed by atoms with Crippen molar-refractivity contribution in [1.82, 2.24) is 19.1 Å². The molecule has 2 aromatic rings. The van der Waals surface area contributed by atoms with E-state index in [0.717, 1.165) is 19.3 Å². The van der Waals surface area contributed by atoms with Crippen molar-refractivity contribution in [2.24, 2.45) is 13.0 Å². The number of aromatic nitrogens is 3. The van der Waals surface area contributed by atoms with E-state index in [-0.39, 0.29) is 0 Å². The average molecular weight is 334 g/mol. The number of sulfonamides is 1. The van der Waals surface area contributed by atoms with Crippen LogP contribution in [0.2, 0.25) is 0 Å². The maximum Gasteiger partial charge on any atom is 0.246 e. The van der Waals surface area contributed by atoms with Gasteiger partial charge in [0.05, 0.1) is 5.69 Å². The van der Waals surface area contributed by atoms with Gasteiger partial charge >= 0.3 is 0 Å². The van der Waals surface area contributed by atoms with E-state index in [2.05, 4.69) is 10.1 Å². The highest BCUT2D eigenvalue weighted by atomic mass is 32.2. The molecule has 124 valence electrons. The predicted octanol–water partition coefficient (Wildman–Crippen LogP) is 1.77. The molecule has 1 fully saturated rings. The van der Waals surface area contributed by atoms with Crippen molar-refractivity contribution in [3.63, 3.8) is 0 Å². The Morgan fingerprint density at radius 2 is 1.87 bits per heavy atom. The van der Waals surface area contributed by atoms with Gasteiger partial charge < -0.3 is 0 Å². The molecule has 3 heterocycles. The van der Waals surface area contributed by atoms with Crippen molar-refractivity contribution in [3.05, 3.63) is 42.0 Å². The van der Waals surface area contributed by atoms with E-state index in [1.165, 1.54) is 5.56 Å². The van der Waals surface area contributed by atoms with E-state index in [9.17, 15) is 8.42 Å². The summed E-state index contributed by atoms with van der Waals surface area (Å²) >= 11 is 0. The lowest BCUT2D eigenvalue weighted by Gasteiger charge is -2.31. The van der Waals surface area contributed by atoms with Crippen molar-refractivity contribution in [2.75, 3.05) is 13.1 Å². The molecule has 1 aliphatic rings. The van der Waals surface area contributed by atoms with Gasteiger partial charge in [-0.3, -0.25) is 9.67 Å². The SMILES string of the molecule is Cc1nn(C)cc1S(=O)(=O)N1CCC(Cc2ccncc2)CC1. The summed E-state index contributed by atoms with van der Waals surface area (Å²) in [6.45, 7) is 2.89. The minimum absolute atomic E-state index is 0.326. The molecule has 0 aliphatic carbocycles. The number of nitrogens with zero attached hydrogens (tertiary/aromatic N) is 4. The molecule has 0 saturated carbocycles.